The van der Waals surface area contributed by atoms with Crippen molar-refractivity contribution >= 4 is 21.6 Å². The molecule has 8 heteroatoms. The SMILES string of the molecule is C[S+](=O)([O-])c1ccc(-c2nc(C(=O)N3CCCC3)n3ccncc23)cc1. The summed E-state index contributed by atoms with van der Waals surface area (Å²) < 4.78 is 25.1. The van der Waals surface area contributed by atoms with Crippen molar-refractivity contribution in [1.29, 1.82) is 0 Å². The summed E-state index contributed by atoms with van der Waals surface area (Å²) in [6.07, 6.45) is 8.19. The van der Waals surface area contributed by atoms with Crippen LogP contribution in [0.15, 0.2) is 47.8 Å². The number of likely N-dealkylation sites (tertiary alicyclic amines) is 1. The molecule has 4 rings (SSSR count). The van der Waals surface area contributed by atoms with Gasteiger partial charge in [0.2, 0.25) is 5.82 Å². The first kappa shape index (κ1) is 16.9. The van der Waals surface area contributed by atoms with Crippen molar-refractivity contribution in [2.45, 2.75) is 17.7 Å². The number of benzene rings is 1. The maximum atomic E-state index is 12.8. The lowest BCUT2D eigenvalue weighted by atomic mass is 10.1. The van der Waals surface area contributed by atoms with E-state index in [0.29, 0.717) is 17.0 Å². The van der Waals surface area contributed by atoms with E-state index in [4.69, 9.17) is 0 Å². The van der Waals surface area contributed by atoms with E-state index in [1.165, 1.54) is 6.26 Å². The summed E-state index contributed by atoms with van der Waals surface area (Å²) in [5.74, 6) is 0.259. The third kappa shape index (κ3) is 2.91. The molecule has 3 aromatic rings. The van der Waals surface area contributed by atoms with Crippen molar-refractivity contribution in [3.63, 3.8) is 0 Å². The highest BCUT2D eigenvalue weighted by Gasteiger charge is 2.25. The van der Waals surface area contributed by atoms with Crippen molar-refractivity contribution in [2.24, 2.45) is 0 Å². The van der Waals surface area contributed by atoms with Gasteiger partial charge >= 0.3 is 0 Å². The van der Waals surface area contributed by atoms with E-state index in [2.05, 4.69) is 9.97 Å². The Hall–Kier alpha value is -2.58. The van der Waals surface area contributed by atoms with Crippen LogP contribution in [0.4, 0.5) is 0 Å². The van der Waals surface area contributed by atoms with Crippen LogP contribution in [-0.4, -0.2) is 49.1 Å². The summed E-state index contributed by atoms with van der Waals surface area (Å²) >= 11 is 0. The van der Waals surface area contributed by atoms with Crippen LogP contribution in [0.25, 0.3) is 16.8 Å². The van der Waals surface area contributed by atoms with Gasteiger partial charge in [-0.3, -0.25) is 14.2 Å². The number of imidazole rings is 1. The van der Waals surface area contributed by atoms with Crippen LogP contribution in [0.1, 0.15) is 23.5 Å². The van der Waals surface area contributed by atoms with Gasteiger partial charge in [0.1, 0.15) is 6.26 Å². The predicted octanol–water partition coefficient (Wildman–Crippen LogP) is 2.25. The molecule has 0 N–H and O–H groups in total. The number of carbonyl (C=O) groups is 1. The second-order valence-electron chi connectivity index (χ2n) is 6.41. The quantitative estimate of drug-likeness (QED) is 0.660. The van der Waals surface area contributed by atoms with E-state index in [1.54, 1.807) is 47.3 Å². The van der Waals surface area contributed by atoms with E-state index < -0.39 is 10.2 Å². The molecule has 0 radical (unpaired) electrons. The van der Waals surface area contributed by atoms with Crippen LogP contribution >= 0.6 is 0 Å². The number of rotatable bonds is 3. The van der Waals surface area contributed by atoms with Gasteiger partial charge in [-0.2, -0.15) is 0 Å². The van der Waals surface area contributed by atoms with Gasteiger partial charge in [0, 0.05) is 31.0 Å². The van der Waals surface area contributed by atoms with E-state index in [1.807, 2.05) is 4.90 Å². The highest BCUT2D eigenvalue weighted by molar-refractivity contribution is 7.97. The number of amides is 1. The molecule has 3 heterocycles. The Balaban J connectivity index is 1.81. The van der Waals surface area contributed by atoms with Gasteiger partial charge in [0.05, 0.1) is 27.6 Å². The first-order chi connectivity index (χ1) is 12.4. The van der Waals surface area contributed by atoms with Gasteiger partial charge in [-0.1, -0.05) is 0 Å². The van der Waals surface area contributed by atoms with Crippen molar-refractivity contribution in [1.82, 2.24) is 19.3 Å². The lowest BCUT2D eigenvalue weighted by molar-refractivity contribution is 0.0780. The van der Waals surface area contributed by atoms with Crippen LogP contribution in [-0.2, 0) is 14.4 Å². The first-order valence-corrected chi connectivity index (χ1v) is 10.3. The lowest BCUT2D eigenvalue weighted by Gasteiger charge is -2.13. The van der Waals surface area contributed by atoms with Gasteiger partial charge in [-0.25, -0.2) is 4.98 Å². The molecule has 26 heavy (non-hydrogen) atoms. The van der Waals surface area contributed by atoms with Crippen LogP contribution in [0.2, 0.25) is 0 Å². The van der Waals surface area contributed by atoms with Crippen molar-refractivity contribution in [3.8, 4) is 11.3 Å². The van der Waals surface area contributed by atoms with Crippen molar-refractivity contribution in [3.05, 3.63) is 48.7 Å². The van der Waals surface area contributed by atoms with Crippen LogP contribution in [0.5, 0.6) is 0 Å². The molecule has 1 unspecified atom stereocenters. The highest BCUT2D eigenvalue weighted by atomic mass is 32.3. The third-order valence-corrected chi connectivity index (χ3v) is 5.72. The number of carbonyl (C=O) groups excluding carboxylic acids is 1. The smallest absolute Gasteiger partial charge is 0.290 e. The molecule has 1 aliphatic heterocycles. The van der Waals surface area contributed by atoms with Crippen molar-refractivity contribution < 1.29 is 13.6 Å². The molecule has 1 aromatic carbocycles. The van der Waals surface area contributed by atoms with Gasteiger partial charge in [-0.15, -0.1) is 4.21 Å². The summed E-state index contributed by atoms with van der Waals surface area (Å²) in [5.41, 5.74) is 2.06. The Labute approximate surface area is 151 Å². The fourth-order valence-corrected chi connectivity index (χ4v) is 3.85. The van der Waals surface area contributed by atoms with Crippen molar-refractivity contribution in [2.75, 3.05) is 19.3 Å². The average molecular weight is 370 g/mol. The Morgan fingerprint density at radius 1 is 1.19 bits per heavy atom. The minimum atomic E-state index is -3.26. The molecule has 1 fully saturated rings. The molecule has 0 bridgehead atoms. The molecule has 0 aliphatic carbocycles. The van der Waals surface area contributed by atoms with E-state index in [0.717, 1.165) is 31.5 Å². The maximum absolute atomic E-state index is 12.8. The summed E-state index contributed by atoms with van der Waals surface area (Å²) in [6.45, 7) is 1.49. The Morgan fingerprint density at radius 2 is 1.88 bits per heavy atom. The summed E-state index contributed by atoms with van der Waals surface area (Å²) in [6, 6.07) is 6.51. The number of nitrogens with zero attached hydrogens (tertiary/aromatic N) is 4. The molecular weight excluding hydrogens is 352 g/mol. The van der Waals surface area contributed by atoms with Crippen LogP contribution in [0, 0.1) is 0 Å². The van der Waals surface area contributed by atoms with Crippen LogP contribution < -0.4 is 0 Å². The molecule has 1 amide bonds. The van der Waals surface area contributed by atoms with E-state index >= 15 is 0 Å². The monoisotopic (exact) mass is 370 g/mol. The average Bonchev–Trinajstić information content (AvgIpc) is 3.29. The molecule has 0 saturated carbocycles. The molecule has 134 valence electrons. The minimum absolute atomic E-state index is 0.0947. The van der Waals surface area contributed by atoms with Crippen LogP contribution in [0.3, 0.4) is 0 Å². The second kappa shape index (κ2) is 6.30. The number of fused-ring (bicyclic) bond motifs is 1. The zero-order chi connectivity index (χ0) is 18.3. The predicted molar refractivity (Wildman–Crippen MR) is 96.6 cm³/mol. The topological polar surface area (TPSA) is 90.6 Å². The number of sulfone groups is 1. The van der Waals surface area contributed by atoms with Gasteiger partial charge in [0.25, 0.3) is 5.91 Å². The largest absolute Gasteiger partial charge is 0.610 e. The zero-order valence-corrected chi connectivity index (χ0v) is 15.1. The normalized spacial score (nSPS) is 16.8. The zero-order valence-electron chi connectivity index (χ0n) is 14.3. The number of aromatic nitrogens is 3. The van der Waals surface area contributed by atoms with Gasteiger partial charge in [-0.05, 0) is 37.1 Å². The maximum Gasteiger partial charge on any atom is 0.290 e. The van der Waals surface area contributed by atoms with E-state index in [9.17, 15) is 13.6 Å². The molecule has 1 aliphatic rings. The second-order valence-corrected chi connectivity index (χ2v) is 8.43. The minimum Gasteiger partial charge on any atom is -0.610 e. The fraction of sp³-hybridized carbons (Fsp3) is 0.278. The summed E-state index contributed by atoms with van der Waals surface area (Å²) in [5, 5.41) is 0. The molecule has 2 aromatic heterocycles. The Morgan fingerprint density at radius 3 is 2.54 bits per heavy atom. The fourth-order valence-electron chi connectivity index (χ4n) is 3.22. The molecule has 1 atom stereocenters. The first-order valence-electron chi connectivity index (χ1n) is 8.37. The number of hydrogen-bond acceptors (Lipinski definition) is 5. The summed E-state index contributed by atoms with van der Waals surface area (Å²) in [7, 11) is -3.26. The van der Waals surface area contributed by atoms with Gasteiger partial charge in [0.15, 0.2) is 4.90 Å². The highest BCUT2D eigenvalue weighted by Crippen LogP contribution is 2.27. The Bertz CT molecular complexity index is 1020. The standard InChI is InChI=1S/C18H18N4O3S/c1-26(24,25)14-6-4-13(5-7-14)16-15-12-19-8-11-22(15)17(20-16)18(23)21-9-2-3-10-21/h4-8,11-12H,2-3,9-10H2,1H3. The molecule has 7 nitrogen and oxygen atoms in total. The third-order valence-electron chi connectivity index (χ3n) is 4.59. The van der Waals surface area contributed by atoms with E-state index in [-0.39, 0.29) is 10.8 Å². The lowest BCUT2D eigenvalue weighted by Crippen LogP contribution is -2.29. The summed E-state index contributed by atoms with van der Waals surface area (Å²) in [4.78, 5) is 23.6. The van der Waals surface area contributed by atoms with Gasteiger partial charge < -0.3 is 9.45 Å². The molecular formula is C18H18N4O3S. The molecule has 1 saturated heterocycles. The molecule has 0 spiro atoms. The Kier molecular flexibility index (Phi) is 4.08. The number of hydrogen-bond donors (Lipinski definition) is 0.